The van der Waals surface area contributed by atoms with Gasteiger partial charge in [0.1, 0.15) is 0 Å². The van der Waals surface area contributed by atoms with Crippen LogP contribution in [0.1, 0.15) is 56.8 Å². The molecule has 0 amide bonds. The van der Waals surface area contributed by atoms with E-state index in [1.165, 1.54) is 0 Å². The zero-order valence-corrected chi connectivity index (χ0v) is 10.4. The molecule has 94 valence electrons. The Hall–Kier alpha value is -1.10. The lowest BCUT2D eigenvalue weighted by Crippen LogP contribution is -2.26. The number of nitrogens with two attached hydrogens (primary N) is 1. The smallest absolute Gasteiger partial charge is 0.221 e. The van der Waals surface area contributed by atoms with Crippen molar-refractivity contribution in [1.82, 2.24) is 14.8 Å². The minimum absolute atomic E-state index is 0.389. The van der Waals surface area contributed by atoms with Crippen LogP contribution in [-0.2, 0) is 0 Å². The number of nitrogens with one attached hydrogen (secondary N) is 1. The van der Waals surface area contributed by atoms with Crippen molar-refractivity contribution in [3.05, 3.63) is 5.82 Å². The molecule has 1 aliphatic heterocycles. The molecular formula is C12H21N5. The zero-order valence-electron chi connectivity index (χ0n) is 10.4. The van der Waals surface area contributed by atoms with Crippen LogP contribution in [-0.4, -0.2) is 27.4 Å². The van der Waals surface area contributed by atoms with Gasteiger partial charge in [-0.25, -0.2) is 4.68 Å². The van der Waals surface area contributed by atoms with Crippen LogP contribution < -0.4 is 11.1 Å². The van der Waals surface area contributed by atoms with Gasteiger partial charge in [-0.05, 0) is 39.0 Å². The molecule has 5 heteroatoms. The van der Waals surface area contributed by atoms with Crippen LogP contribution in [0.25, 0.3) is 0 Å². The Labute approximate surface area is 102 Å². The van der Waals surface area contributed by atoms with Gasteiger partial charge < -0.3 is 11.1 Å². The van der Waals surface area contributed by atoms with E-state index in [0.717, 1.165) is 50.4 Å². The Morgan fingerprint density at radius 3 is 2.71 bits per heavy atom. The number of hydrogen-bond acceptors (Lipinski definition) is 4. The fraction of sp³-hybridized carbons (Fsp3) is 0.833. The minimum Gasteiger partial charge on any atom is -0.354 e. The first kappa shape index (κ1) is 11.0. The van der Waals surface area contributed by atoms with Gasteiger partial charge in [0, 0.05) is 18.5 Å². The fourth-order valence-electron chi connectivity index (χ4n) is 2.83. The predicted octanol–water partition coefficient (Wildman–Crippen LogP) is 1.64. The quantitative estimate of drug-likeness (QED) is 0.776. The van der Waals surface area contributed by atoms with Gasteiger partial charge in [-0.15, -0.1) is 0 Å². The maximum absolute atomic E-state index is 5.94. The number of fused-ring (bicyclic) bond motifs is 1. The molecule has 1 fully saturated rings. The lowest BCUT2D eigenvalue weighted by Gasteiger charge is -2.23. The molecule has 1 saturated carbocycles. The fourth-order valence-corrected chi connectivity index (χ4v) is 2.83. The van der Waals surface area contributed by atoms with Gasteiger partial charge in [-0.3, -0.25) is 0 Å². The third-order valence-electron chi connectivity index (χ3n) is 4.05. The molecule has 2 heterocycles. The molecule has 3 N–H and O–H groups in total. The van der Waals surface area contributed by atoms with Crippen LogP contribution in [0.2, 0.25) is 0 Å². The summed E-state index contributed by atoms with van der Waals surface area (Å²) in [6.07, 6.45) is 5.62. The Morgan fingerprint density at radius 1 is 1.24 bits per heavy atom. The molecule has 1 unspecified atom stereocenters. The summed E-state index contributed by atoms with van der Waals surface area (Å²) in [5.74, 6) is 2.49. The minimum atomic E-state index is 0.389. The molecule has 0 radical (unpaired) electrons. The van der Waals surface area contributed by atoms with Crippen LogP contribution in [0.4, 0.5) is 5.95 Å². The maximum atomic E-state index is 5.94. The second-order valence-corrected chi connectivity index (χ2v) is 5.41. The molecule has 0 saturated heterocycles. The van der Waals surface area contributed by atoms with Crippen molar-refractivity contribution < 1.29 is 0 Å². The predicted molar refractivity (Wildman–Crippen MR) is 67.0 cm³/mol. The monoisotopic (exact) mass is 235 g/mol. The summed E-state index contributed by atoms with van der Waals surface area (Å²) < 4.78 is 2.05. The maximum Gasteiger partial charge on any atom is 0.221 e. The highest BCUT2D eigenvalue weighted by molar-refractivity contribution is 5.28. The molecule has 17 heavy (non-hydrogen) atoms. The second-order valence-electron chi connectivity index (χ2n) is 5.41. The largest absolute Gasteiger partial charge is 0.354 e. The van der Waals surface area contributed by atoms with Crippen LogP contribution in [0.15, 0.2) is 0 Å². The van der Waals surface area contributed by atoms with Gasteiger partial charge in [-0.1, -0.05) is 0 Å². The molecule has 0 aromatic carbocycles. The van der Waals surface area contributed by atoms with E-state index in [1.807, 2.05) is 4.68 Å². The van der Waals surface area contributed by atoms with E-state index in [1.54, 1.807) is 0 Å². The Balaban J connectivity index is 1.80. The van der Waals surface area contributed by atoms with Crippen molar-refractivity contribution in [1.29, 1.82) is 0 Å². The molecule has 0 spiro atoms. The van der Waals surface area contributed by atoms with Crippen molar-refractivity contribution in [2.75, 3.05) is 11.9 Å². The second kappa shape index (κ2) is 4.29. The average molecular weight is 235 g/mol. The topological polar surface area (TPSA) is 68.8 Å². The van der Waals surface area contributed by atoms with E-state index in [0.29, 0.717) is 18.0 Å². The van der Waals surface area contributed by atoms with Gasteiger partial charge in [0.2, 0.25) is 5.95 Å². The summed E-state index contributed by atoms with van der Waals surface area (Å²) in [5, 5.41) is 8.01. The SMILES string of the molecule is CC1CCNc2nc(C3CCC(N)CC3)nn21. The van der Waals surface area contributed by atoms with E-state index in [-0.39, 0.29) is 0 Å². The van der Waals surface area contributed by atoms with Crippen molar-refractivity contribution in [3.8, 4) is 0 Å². The van der Waals surface area contributed by atoms with Crippen LogP contribution >= 0.6 is 0 Å². The Bertz CT molecular complexity index is 392. The van der Waals surface area contributed by atoms with E-state index < -0.39 is 0 Å². The Morgan fingerprint density at radius 2 is 2.00 bits per heavy atom. The van der Waals surface area contributed by atoms with Gasteiger partial charge in [0.15, 0.2) is 5.82 Å². The molecule has 3 rings (SSSR count). The van der Waals surface area contributed by atoms with E-state index in [9.17, 15) is 0 Å². The van der Waals surface area contributed by atoms with Gasteiger partial charge >= 0.3 is 0 Å². The molecule has 1 aromatic heterocycles. The highest BCUT2D eigenvalue weighted by atomic mass is 15.4. The van der Waals surface area contributed by atoms with Crippen molar-refractivity contribution in [2.24, 2.45) is 5.73 Å². The van der Waals surface area contributed by atoms with Gasteiger partial charge in [-0.2, -0.15) is 10.1 Å². The summed E-state index contributed by atoms with van der Waals surface area (Å²) in [5.41, 5.74) is 5.94. The first-order valence-corrected chi connectivity index (χ1v) is 6.70. The normalized spacial score (nSPS) is 32.9. The van der Waals surface area contributed by atoms with Gasteiger partial charge in [0.25, 0.3) is 0 Å². The summed E-state index contributed by atoms with van der Waals surface area (Å²) in [7, 11) is 0. The standard InChI is InChI=1S/C12H21N5/c1-8-6-7-14-12-15-11(16-17(8)12)9-2-4-10(13)5-3-9/h8-10H,2-7,13H2,1H3,(H,14,15,16). The van der Waals surface area contributed by atoms with Crippen LogP contribution in [0.5, 0.6) is 0 Å². The molecule has 1 atom stereocenters. The summed E-state index contributed by atoms with van der Waals surface area (Å²) in [6, 6.07) is 0.860. The van der Waals surface area contributed by atoms with E-state index in [4.69, 9.17) is 5.73 Å². The van der Waals surface area contributed by atoms with Crippen LogP contribution in [0, 0.1) is 0 Å². The first-order chi connectivity index (χ1) is 8.24. The highest BCUT2D eigenvalue weighted by Crippen LogP contribution is 2.32. The molecule has 1 aliphatic carbocycles. The third kappa shape index (κ3) is 2.04. The Kier molecular flexibility index (Phi) is 2.78. The molecule has 0 bridgehead atoms. The molecule has 5 nitrogen and oxygen atoms in total. The highest BCUT2D eigenvalue weighted by Gasteiger charge is 2.26. The van der Waals surface area contributed by atoms with Crippen molar-refractivity contribution in [3.63, 3.8) is 0 Å². The number of anilines is 1. The van der Waals surface area contributed by atoms with Crippen LogP contribution in [0.3, 0.4) is 0 Å². The zero-order chi connectivity index (χ0) is 11.8. The summed E-state index contributed by atoms with van der Waals surface area (Å²) in [6.45, 7) is 3.22. The first-order valence-electron chi connectivity index (χ1n) is 6.70. The van der Waals surface area contributed by atoms with Crippen molar-refractivity contribution >= 4 is 5.95 Å². The van der Waals surface area contributed by atoms with E-state index in [2.05, 4.69) is 22.3 Å². The molecular weight excluding hydrogens is 214 g/mol. The van der Waals surface area contributed by atoms with Crippen molar-refractivity contribution in [2.45, 2.75) is 57.0 Å². The summed E-state index contributed by atoms with van der Waals surface area (Å²) >= 11 is 0. The third-order valence-corrected chi connectivity index (χ3v) is 4.05. The molecule has 2 aliphatic rings. The lowest BCUT2D eigenvalue weighted by atomic mass is 9.86. The lowest BCUT2D eigenvalue weighted by molar-refractivity contribution is 0.379. The van der Waals surface area contributed by atoms with E-state index >= 15 is 0 Å². The number of hydrogen-bond donors (Lipinski definition) is 2. The number of nitrogens with zero attached hydrogens (tertiary/aromatic N) is 3. The number of rotatable bonds is 1. The van der Waals surface area contributed by atoms with Gasteiger partial charge in [0.05, 0.1) is 6.04 Å². The summed E-state index contributed by atoms with van der Waals surface area (Å²) in [4.78, 5) is 4.65. The average Bonchev–Trinajstić information content (AvgIpc) is 2.75. The molecule has 1 aromatic rings. The number of aromatic nitrogens is 3.